The molecule has 31 heavy (non-hydrogen) atoms. The van der Waals surface area contributed by atoms with Crippen LogP contribution in [0.2, 0.25) is 5.02 Å². The maximum Gasteiger partial charge on any atom is 0.255 e. The molecular weight excluding hydrogens is 438 g/mol. The predicted molar refractivity (Wildman–Crippen MR) is 125 cm³/mol. The van der Waals surface area contributed by atoms with Gasteiger partial charge in [-0.3, -0.25) is 13.9 Å². The van der Waals surface area contributed by atoms with E-state index >= 15 is 0 Å². The van der Waals surface area contributed by atoms with Crippen LogP contribution in [0, 0.1) is 0 Å². The lowest BCUT2D eigenvalue weighted by molar-refractivity contribution is -0.117. The quantitative estimate of drug-likeness (QED) is 0.606. The molecular formula is C22H28ClN3O4S. The van der Waals surface area contributed by atoms with Crippen molar-refractivity contribution in [2.75, 3.05) is 29.0 Å². The summed E-state index contributed by atoms with van der Waals surface area (Å²) in [5.74, 6) is -0.728. The van der Waals surface area contributed by atoms with Gasteiger partial charge in [0.25, 0.3) is 5.91 Å². The average molecular weight is 466 g/mol. The van der Waals surface area contributed by atoms with Gasteiger partial charge in [0.15, 0.2) is 0 Å². The Hall–Kier alpha value is -2.58. The predicted octanol–water partition coefficient (Wildman–Crippen LogP) is 4.01. The number of anilines is 2. The van der Waals surface area contributed by atoms with E-state index in [0.29, 0.717) is 35.1 Å². The summed E-state index contributed by atoms with van der Waals surface area (Å²) in [5, 5.41) is 3.22. The van der Waals surface area contributed by atoms with Gasteiger partial charge in [0.2, 0.25) is 15.9 Å². The Balaban J connectivity index is 2.40. The molecule has 0 aliphatic rings. The Kier molecular flexibility index (Phi) is 8.47. The van der Waals surface area contributed by atoms with Crippen molar-refractivity contribution >= 4 is 44.8 Å². The fourth-order valence-corrected chi connectivity index (χ4v) is 4.66. The van der Waals surface area contributed by atoms with Gasteiger partial charge < -0.3 is 10.2 Å². The summed E-state index contributed by atoms with van der Waals surface area (Å²) in [6.07, 6.45) is 1.28. The molecule has 0 heterocycles. The third-order valence-corrected chi connectivity index (χ3v) is 6.31. The molecule has 0 saturated carbocycles. The standard InChI is InChI=1S/C22H28ClN3O4S/c1-5-20(26(31(4,29)30)17-14-12-16(23)13-15-17)21(27)24-19-11-9-8-10-18(19)22(28)25(6-2)7-3/h8-15,20H,5-7H2,1-4H3,(H,24,27). The minimum Gasteiger partial charge on any atom is -0.339 e. The van der Waals surface area contributed by atoms with Crippen LogP contribution in [0.4, 0.5) is 11.4 Å². The second-order valence-corrected chi connectivity index (χ2v) is 9.27. The summed E-state index contributed by atoms with van der Waals surface area (Å²) in [5.41, 5.74) is 1.03. The van der Waals surface area contributed by atoms with Crippen LogP contribution in [0.1, 0.15) is 37.6 Å². The number of halogens is 1. The zero-order valence-electron chi connectivity index (χ0n) is 18.1. The number of sulfonamides is 1. The van der Waals surface area contributed by atoms with Gasteiger partial charge in [0, 0.05) is 18.1 Å². The molecule has 0 spiro atoms. The number of rotatable bonds is 9. The van der Waals surface area contributed by atoms with Crippen molar-refractivity contribution in [3.63, 3.8) is 0 Å². The number of nitrogens with one attached hydrogen (secondary N) is 1. The lowest BCUT2D eigenvalue weighted by atomic mass is 10.1. The first-order chi connectivity index (χ1) is 14.6. The summed E-state index contributed by atoms with van der Waals surface area (Å²) in [4.78, 5) is 27.7. The molecule has 0 bridgehead atoms. The molecule has 7 nitrogen and oxygen atoms in total. The van der Waals surface area contributed by atoms with Crippen LogP contribution in [-0.2, 0) is 14.8 Å². The van der Waals surface area contributed by atoms with Crippen LogP contribution < -0.4 is 9.62 Å². The van der Waals surface area contributed by atoms with Crippen LogP contribution in [-0.4, -0.2) is 50.5 Å². The number of carbonyl (C=O) groups is 2. The van der Waals surface area contributed by atoms with Crippen molar-refractivity contribution in [3.05, 3.63) is 59.1 Å². The van der Waals surface area contributed by atoms with E-state index < -0.39 is 22.0 Å². The molecule has 2 aromatic carbocycles. The van der Waals surface area contributed by atoms with E-state index in [1.807, 2.05) is 13.8 Å². The molecule has 2 amide bonds. The van der Waals surface area contributed by atoms with Crippen LogP contribution >= 0.6 is 11.6 Å². The number of benzene rings is 2. The normalized spacial score (nSPS) is 12.2. The second-order valence-electron chi connectivity index (χ2n) is 6.97. The number of hydrogen-bond acceptors (Lipinski definition) is 4. The van der Waals surface area contributed by atoms with Gasteiger partial charge >= 0.3 is 0 Å². The van der Waals surface area contributed by atoms with Crippen molar-refractivity contribution < 1.29 is 18.0 Å². The third kappa shape index (κ3) is 5.98. The molecule has 0 radical (unpaired) electrons. The monoisotopic (exact) mass is 465 g/mol. The Labute approximate surface area is 189 Å². The van der Waals surface area contributed by atoms with Crippen molar-refractivity contribution in [3.8, 4) is 0 Å². The lowest BCUT2D eigenvalue weighted by Gasteiger charge is -2.30. The van der Waals surface area contributed by atoms with E-state index in [1.54, 1.807) is 60.4 Å². The topological polar surface area (TPSA) is 86.8 Å². The molecule has 9 heteroatoms. The highest BCUT2D eigenvalue weighted by molar-refractivity contribution is 7.92. The first kappa shape index (κ1) is 24.7. The number of para-hydroxylation sites is 1. The second kappa shape index (κ2) is 10.6. The average Bonchev–Trinajstić information content (AvgIpc) is 2.73. The Morgan fingerprint density at radius 1 is 1.00 bits per heavy atom. The summed E-state index contributed by atoms with van der Waals surface area (Å²) in [6, 6.07) is 11.9. The molecule has 2 rings (SSSR count). The maximum absolute atomic E-state index is 13.2. The first-order valence-corrected chi connectivity index (χ1v) is 12.3. The molecule has 0 saturated heterocycles. The fourth-order valence-electron chi connectivity index (χ4n) is 3.32. The van der Waals surface area contributed by atoms with Crippen LogP contribution in [0.3, 0.4) is 0 Å². The number of carbonyl (C=O) groups excluding carboxylic acids is 2. The van der Waals surface area contributed by atoms with Gasteiger partial charge in [-0.2, -0.15) is 0 Å². The van der Waals surface area contributed by atoms with E-state index in [9.17, 15) is 18.0 Å². The van der Waals surface area contributed by atoms with Gasteiger partial charge in [-0.25, -0.2) is 8.42 Å². The summed E-state index contributed by atoms with van der Waals surface area (Å²) in [6.45, 7) is 6.56. The Bertz CT molecular complexity index is 1020. The van der Waals surface area contributed by atoms with Gasteiger partial charge in [0.05, 0.1) is 23.2 Å². The van der Waals surface area contributed by atoms with Gasteiger partial charge in [-0.15, -0.1) is 0 Å². The third-order valence-electron chi connectivity index (χ3n) is 4.88. The molecule has 1 atom stereocenters. The smallest absolute Gasteiger partial charge is 0.255 e. The lowest BCUT2D eigenvalue weighted by Crippen LogP contribution is -2.47. The molecule has 0 aromatic heterocycles. The summed E-state index contributed by atoms with van der Waals surface area (Å²) in [7, 11) is -3.77. The van der Waals surface area contributed by atoms with E-state index in [-0.39, 0.29) is 12.3 Å². The van der Waals surface area contributed by atoms with E-state index in [1.165, 1.54) is 0 Å². The summed E-state index contributed by atoms with van der Waals surface area (Å²) < 4.78 is 26.2. The molecule has 0 aliphatic carbocycles. The zero-order chi connectivity index (χ0) is 23.2. The van der Waals surface area contributed by atoms with Crippen LogP contribution in [0.25, 0.3) is 0 Å². The fraction of sp³-hybridized carbons (Fsp3) is 0.364. The van der Waals surface area contributed by atoms with E-state index in [0.717, 1.165) is 10.6 Å². The maximum atomic E-state index is 13.2. The molecule has 0 fully saturated rings. The molecule has 1 N–H and O–H groups in total. The molecule has 1 unspecified atom stereocenters. The Morgan fingerprint density at radius 3 is 2.10 bits per heavy atom. The number of amides is 2. The number of hydrogen-bond donors (Lipinski definition) is 1. The van der Waals surface area contributed by atoms with Gasteiger partial charge in [-0.05, 0) is 56.7 Å². The van der Waals surface area contributed by atoms with Crippen LogP contribution in [0.15, 0.2) is 48.5 Å². The highest BCUT2D eigenvalue weighted by atomic mass is 35.5. The SMILES string of the molecule is CCC(C(=O)Nc1ccccc1C(=O)N(CC)CC)N(c1ccc(Cl)cc1)S(C)(=O)=O. The Morgan fingerprint density at radius 2 is 1.58 bits per heavy atom. The van der Waals surface area contributed by atoms with Crippen molar-refractivity contribution in [1.29, 1.82) is 0 Å². The van der Waals surface area contributed by atoms with Gasteiger partial charge in [-0.1, -0.05) is 30.7 Å². The number of nitrogens with zero attached hydrogens (tertiary/aromatic N) is 2. The zero-order valence-corrected chi connectivity index (χ0v) is 19.7. The first-order valence-electron chi connectivity index (χ1n) is 10.1. The van der Waals surface area contributed by atoms with Crippen molar-refractivity contribution in [2.45, 2.75) is 33.2 Å². The van der Waals surface area contributed by atoms with Gasteiger partial charge in [0.1, 0.15) is 6.04 Å². The summed E-state index contributed by atoms with van der Waals surface area (Å²) >= 11 is 5.93. The molecule has 2 aromatic rings. The largest absolute Gasteiger partial charge is 0.339 e. The van der Waals surface area contributed by atoms with E-state index in [4.69, 9.17) is 11.6 Å². The van der Waals surface area contributed by atoms with Crippen LogP contribution in [0.5, 0.6) is 0 Å². The minimum atomic E-state index is -3.77. The molecule has 168 valence electrons. The van der Waals surface area contributed by atoms with E-state index in [2.05, 4.69) is 5.32 Å². The van der Waals surface area contributed by atoms with Crippen molar-refractivity contribution in [2.24, 2.45) is 0 Å². The highest BCUT2D eigenvalue weighted by Gasteiger charge is 2.32. The highest BCUT2D eigenvalue weighted by Crippen LogP contribution is 2.26. The van der Waals surface area contributed by atoms with Crippen molar-refractivity contribution in [1.82, 2.24) is 4.90 Å². The minimum absolute atomic E-state index is 0.202. The molecule has 0 aliphatic heterocycles.